The van der Waals surface area contributed by atoms with E-state index < -0.39 is 11.9 Å². The van der Waals surface area contributed by atoms with Gasteiger partial charge in [0.05, 0.1) is 11.8 Å². The number of benzene rings is 1. The number of aliphatic hydroxyl groups is 1. The van der Waals surface area contributed by atoms with Gasteiger partial charge in [-0.3, -0.25) is 4.79 Å². The molecule has 0 spiro atoms. The van der Waals surface area contributed by atoms with E-state index in [4.69, 9.17) is 5.73 Å². The lowest BCUT2D eigenvalue weighted by Gasteiger charge is -2.49. The molecule has 4 N–H and O–H groups in total. The average Bonchev–Trinajstić information content (AvgIpc) is 2.32. The first-order chi connectivity index (χ1) is 8.32. The van der Waals surface area contributed by atoms with E-state index in [0.29, 0.717) is 6.42 Å². The number of hydrogen-bond donors (Lipinski definition) is 3. The molecule has 0 saturated heterocycles. The summed E-state index contributed by atoms with van der Waals surface area (Å²) in [7, 11) is 0. The first kappa shape index (κ1) is 12.8. The van der Waals surface area contributed by atoms with Gasteiger partial charge < -0.3 is 16.2 Å². The number of anilines is 1. The molecule has 1 aromatic rings. The largest absolute Gasteiger partial charge is 0.396 e. The van der Waals surface area contributed by atoms with Gasteiger partial charge in [-0.15, -0.1) is 0 Å². The van der Waals surface area contributed by atoms with E-state index in [2.05, 4.69) is 5.32 Å². The second kappa shape index (κ2) is 4.24. The van der Waals surface area contributed by atoms with Crippen molar-refractivity contribution >= 4 is 11.6 Å². The molecule has 4 nitrogen and oxygen atoms in total. The summed E-state index contributed by atoms with van der Waals surface area (Å²) in [5.41, 5.74) is 5.26. The maximum absolute atomic E-state index is 13.2. The fourth-order valence-electron chi connectivity index (χ4n) is 2.06. The Balaban J connectivity index is 2.07. The van der Waals surface area contributed by atoms with E-state index in [1.165, 1.54) is 12.1 Å². The minimum atomic E-state index is -0.601. The topological polar surface area (TPSA) is 75.3 Å². The molecule has 0 radical (unpaired) electrons. The van der Waals surface area contributed by atoms with Crippen molar-refractivity contribution in [3.8, 4) is 0 Å². The third-order valence-corrected chi connectivity index (χ3v) is 3.78. The minimum Gasteiger partial charge on any atom is -0.396 e. The zero-order chi connectivity index (χ0) is 13.5. The zero-order valence-corrected chi connectivity index (χ0v) is 10.4. The van der Waals surface area contributed by atoms with Crippen LogP contribution in [0.2, 0.25) is 0 Å². The van der Waals surface area contributed by atoms with Crippen molar-refractivity contribution in [2.75, 3.05) is 5.73 Å². The fraction of sp³-hybridized carbons (Fsp3) is 0.462. The molecule has 1 fully saturated rings. The van der Waals surface area contributed by atoms with Crippen LogP contribution in [0.3, 0.4) is 0 Å². The number of aliphatic hydroxyl groups excluding tert-OH is 1. The molecule has 2 unspecified atom stereocenters. The van der Waals surface area contributed by atoms with Gasteiger partial charge in [0.1, 0.15) is 5.82 Å². The number of nitrogen functional groups attached to an aromatic ring is 1. The molecule has 1 amide bonds. The number of nitrogens with two attached hydrogens (primary N) is 1. The van der Waals surface area contributed by atoms with Crippen molar-refractivity contribution in [1.82, 2.24) is 5.32 Å². The Morgan fingerprint density at radius 2 is 2.22 bits per heavy atom. The summed E-state index contributed by atoms with van der Waals surface area (Å²) in [6.07, 6.45) is 0.113. The van der Waals surface area contributed by atoms with E-state index in [1.807, 2.05) is 13.8 Å². The molecular formula is C13H17FN2O2. The van der Waals surface area contributed by atoms with Crippen molar-refractivity contribution < 1.29 is 14.3 Å². The number of carbonyl (C=O) groups is 1. The monoisotopic (exact) mass is 252 g/mol. The molecule has 0 aliphatic heterocycles. The molecule has 5 heteroatoms. The van der Waals surface area contributed by atoms with Gasteiger partial charge in [0.2, 0.25) is 0 Å². The maximum atomic E-state index is 13.2. The quantitative estimate of drug-likeness (QED) is 0.694. The molecule has 2 atom stereocenters. The summed E-state index contributed by atoms with van der Waals surface area (Å²) in [6, 6.07) is 3.87. The summed E-state index contributed by atoms with van der Waals surface area (Å²) in [4.78, 5) is 11.9. The van der Waals surface area contributed by atoms with Crippen molar-refractivity contribution in [3.05, 3.63) is 29.6 Å². The highest BCUT2D eigenvalue weighted by Gasteiger charge is 2.47. The van der Waals surface area contributed by atoms with Crippen LogP contribution in [0.1, 0.15) is 30.6 Å². The van der Waals surface area contributed by atoms with Gasteiger partial charge in [-0.25, -0.2) is 4.39 Å². The normalized spacial score (nSPS) is 25.3. The highest BCUT2D eigenvalue weighted by Crippen LogP contribution is 2.40. The number of hydrogen-bond acceptors (Lipinski definition) is 3. The van der Waals surface area contributed by atoms with Crippen molar-refractivity contribution in [2.45, 2.75) is 32.4 Å². The van der Waals surface area contributed by atoms with Crippen molar-refractivity contribution in [2.24, 2.45) is 5.41 Å². The lowest BCUT2D eigenvalue weighted by Crippen LogP contribution is -2.61. The maximum Gasteiger partial charge on any atom is 0.251 e. The molecule has 0 heterocycles. The minimum absolute atomic E-state index is 0.0194. The van der Waals surface area contributed by atoms with Gasteiger partial charge in [0.15, 0.2) is 0 Å². The summed E-state index contributed by atoms with van der Waals surface area (Å²) in [5, 5.41) is 12.4. The number of rotatable bonds is 2. The van der Waals surface area contributed by atoms with E-state index in [-0.39, 0.29) is 28.6 Å². The first-order valence-corrected chi connectivity index (χ1v) is 5.86. The molecule has 2 rings (SSSR count). The van der Waals surface area contributed by atoms with Crippen LogP contribution in [0.4, 0.5) is 10.1 Å². The molecule has 0 bridgehead atoms. The van der Waals surface area contributed by atoms with Gasteiger partial charge in [0, 0.05) is 17.0 Å². The molecule has 0 aromatic heterocycles. The molecule has 1 saturated carbocycles. The Kier molecular flexibility index (Phi) is 3.02. The zero-order valence-electron chi connectivity index (χ0n) is 10.4. The van der Waals surface area contributed by atoms with Crippen LogP contribution >= 0.6 is 0 Å². The third kappa shape index (κ3) is 2.06. The van der Waals surface area contributed by atoms with Gasteiger partial charge in [0.25, 0.3) is 5.91 Å². The lowest BCUT2D eigenvalue weighted by molar-refractivity contribution is -0.0689. The Labute approximate surface area is 105 Å². The van der Waals surface area contributed by atoms with Gasteiger partial charge in [-0.2, -0.15) is 0 Å². The number of carbonyl (C=O) groups excluding carboxylic acids is 1. The molecular weight excluding hydrogens is 235 g/mol. The van der Waals surface area contributed by atoms with Gasteiger partial charge in [-0.05, 0) is 24.6 Å². The van der Waals surface area contributed by atoms with E-state index >= 15 is 0 Å². The highest BCUT2D eigenvalue weighted by molar-refractivity contribution is 5.94. The second-order valence-electron chi connectivity index (χ2n) is 5.34. The fourth-order valence-corrected chi connectivity index (χ4v) is 2.06. The van der Waals surface area contributed by atoms with Crippen molar-refractivity contribution in [3.63, 3.8) is 0 Å². The summed E-state index contributed by atoms with van der Waals surface area (Å²) in [6.45, 7) is 3.77. The van der Waals surface area contributed by atoms with Crippen LogP contribution in [0.25, 0.3) is 0 Å². The highest BCUT2D eigenvalue weighted by atomic mass is 19.1. The Morgan fingerprint density at radius 3 is 2.72 bits per heavy atom. The predicted molar refractivity (Wildman–Crippen MR) is 66.5 cm³/mol. The Morgan fingerprint density at radius 1 is 1.56 bits per heavy atom. The summed E-state index contributed by atoms with van der Waals surface area (Å²) >= 11 is 0. The Hall–Kier alpha value is -1.62. The lowest BCUT2D eigenvalue weighted by atomic mass is 9.64. The average molecular weight is 252 g/mol. The van der Waals surface area contributed by atoms with Crippen LogP contribution in [-0.4, -0.2) is 23.2 Å². The van der Waals surface area contributed by atoms with Crippen LogP contribution in [0.5, 0.6) is 0 Å². The SMILES string of the molecule is CC1(C)C(O)CC1NC(=O)c1ccc(N)c(F)c1. The summed E-state index contributed by atoms with van der Waals surface area (Å²) in [5.74, 6) is -0.950. The number of nitrogens with one attached hydrogen (secondary N) is 1. The van der Waals surface area contributed by atoms with Crippen LogP contribution < -0.4 is 11.1 Å². The van der Waals surface area contributed by atoms with Gasteiger partial charge in [-0.1, -0.05) is 13.8 Å². The van der Waals surface area contributed by atoms with Crippen LogP contribution in [0, 0.1) is 11.2 Å². The molecule has 98 valence electrons. The van der Waals surface area contributed by atoms with E-state index in [1.54, 1.807) is 0 Å². The first-order valence-electron chi connectivity index (χ1n) is 5.86. The Bertz CT molecular complexity index is 488. The number of halogens is 1. The standard InChI is InChI=1S/C13H17FN2O2/c1-13(2)10(6-11(13)17)16-12(18)7-3-4-9(15)8(14)5-7/h3-5,10-11,17H,6,15H2,1-2H3,(H,16,18). The molecule has 1 aliphatic rings. The molecule has 18 heavy (non-hydrogen) atoms. The smallest absolute Gasteiger partial charge is 0.251 e. The van der Waals surface area contributed by atoms with E-state index in [9.17, 15) is 14.3 Å². The van der Waals surface area contributed by atoms with Crippen LogP contribution in [-0.2, 0) is 0 Å². The molecule has 1 aliphatic carbocycles. The predicted octanol–water partition coefficient (Wildman–Crippen LogP) is 1.30. The van der Waals surface area contributed by atoms with E-state index in [0.717, 1.165) is 6.07 Å². The summed E-state index contributed by atoms with van der Waals surface area (Å²) < 4.78 is 13.2. The van der Waals surface area contributed by atoms with Crippen LogP contribution in [0.15, 0.2) is 18.2 Å². The molecule has 1 aromatic carbocycles. The third-order valence-electron chi connectivity index (χ3n) is 3.78. The van der Waals surface area contributed by atoms with Crippen molar-refractivity contribution in [1.29, 1.82) is 0 Å². The second-order valence-corrected chi connectivity index (χ2v) is 5.34. The van der Waals surface area contributed by atoms with Gasteiger partial charge >= 0.3 is 0 Å². The number of amides is 1.